The molecule has 98 valence electrons. The summed E-state index contributed by atoms with van der Waals surface area (Å²) in [6, 6.07) is 10.8. The van der Waals surface area contributed by atoms with Crippen molar-refractivity contribution < 1.29 is 13.9 Å². The molecule has 0 aliphatic rings. The summed E-state index contributed by atoms with van der Waals surface area (Å²) >= 11 is 5.92. The van der Waals surface area contributed by atoms with Gasteiger partial charge in [-0.05, 0) is 24.3 Å². The SMILES string of the molecule is Nc1ccc(C(=O)OCc2ccccc2Cl)c(F)c1. The van der Waals surface area contributed by atoms with Crippen molar-refractivity contribution in [1.29, 1.82) is 0 Å². The quantitative estimate of drug-likeness (QED) is 0.692. The Morgan fingerprint density at radius 2 is 2.00 bits per heavy atom. The normalized spacial score (nSPS) is 10.2. The Kier molecular flexibility index (Phi) is 4.02. The minimum atomic E-state index is -0.752. The molecule has 0 aromatic heterocycles. The van der Waals surface area contributed by atoms with Crippen LogP contribution in [-0.4, -0.2) is 5.97 Å². The van der Waals surface area contributed by atoms with Gasteiger partial charge in [-0.15, -0.1) is 0 Å². The van der Waals surface area contributed by atoms with Crippen LogP contribution in [0.25, 0.3) is 0 Å². The van der Waals surface area contributed by atoms with Crippen LogP contribution in [0.4, 0.5) is 10.1 Å². The van der Waals surface area contributed by atoms with E-state index in [0.29, 0.717) is 10.6 Å². The number of carbonyl (C=O) groups is 1. The Hall–Kier alpha value is -2.07. The summed E-state index contributed by atoms with van der Waals surface area (Å²) in [5.74, 6) is -1.46. The smallest absolute Gasteiger partial charge is 0.341 e. The average Bonchev–Trinajstić information content (AvgIpc) is 2.37. The molecule has 2 aromatic rings. The lowest BCUT2D eigenvalue weighted by Gasteiger charge is -2.07. The molecule has 0 saturated heterocycles. The third-order valence-corrected chi connectivity index (χ3v) is 2.90. The number of rotatable bonds is 3. The van der Waals surface area contributed by atoms with E-state index >= 15 is 0 Å². The van der Waals surface area contributed by atoms with E-state index in [9.17, 15) is 9.18 Å². The number of carbonyl (C=O) groups excluding carboxylic acids is 1. The Morgan fingerprint density at radius 3 is 2.68 bits per heavy atom. The highest BCUT2D eigenvalue weighted by molar-refractivity contribution is 6.31. The van der Waals surface area contributed by atoms with Gasteiger partial charge in [0.15, 0.2) is 0 Å². The van der Waals surface area contributed by atoms with Gasteiger partial charge in [0.1, 0.15) is 12.4 Å². The summed E-state index contributed by atoms with van der Waals surface area (Å²) in [6.45, 7) is -0.0116. The van der Waals surface area contributed by atoms with Crippen molar-refractivity contribution in [3.05, 3.63) is 64.4 Å². The zero-order chi connectivity index (χ0) is 13.8. The third-order valence-electron chi connectivity index (χ3n) is 2.53. The van der Waals surface area contributed by atoms with Crippen molar-refractivity contribution in [2.45, 2.75) is 6.61 Å². The molecular weight excluding hydrogens is 269 g/mol. The van der Waals surface area contributed by atoms with Crippen molar-refractivity contribution >= 4 is 23.3 Å². The van der Waals surface area contributed by atoms with Gasteiger partial charge in [-0.25, -0.2) is 9.18 Å². The highest BCUT2D eigenvalue weighted by Gasteiger charge is 2.13. The largest absolute Gasteiger partial charge is 0.457 e. The van der Waals surface area contributed by atoms with Crippen LogP contribution in [-0.2, 0) is 11.3 Å². The number of anilines is 1. The maximum absolute atomic E-state index is 13.5. The molecule has 0 aliphatic carbocycles. The minimum absolute atomic E-state index is 0.0116. The molecule has 2 N–H and O–H groups in total. The van der Waals surface area contributed by atoms with Crippen molar-refractivity contribution in [3.63, 3.8) is 0 Å². The zero-order valence-electron chi connectivity index (χ0n) is 9.90. The van der Waals surface area contributed by atoms with Gasteiger partial charge < -0.3 is 10.5 Å². The van der Waals surface area contributed by atoms with E-state index in [4.69, 9.17) is 22.1 Å². The van der Waals surface area contributed by atoms with Crippen LogP contribution in [0.15, 0.2) is 42.5 Å². The fourth-order valence-corrected chi connectivity index (χ4v) is 1.72. The fourth-order valence-electron chi connectivity index (χ4n) is 1.53. The number of nitrogen functional groups attached to an aromatic ring is 1. The molecule has 19 heavy (non-hydrogen) atoms. The Bertz CT molecular complexity index is 616. The second-order valence-corrected chi connectivity index (χ2v) is 4.31. The van der Waals surface area contributed by atoms with Crippen LogP contribution in [0.3, 0.4) is 0 Å². The van der Waals surface area contributed by atoms with Crippen LogP contribution < -0.4 is 5.73 Å². The lowest BCUT2D eigenvalue weighted by molar-refractivity contribution is 0.0467. The van der Waals surface area contributed by atoms with Crippen molar-refractivity contribution in [1.82, 2.24) is 0 Å². The number of benzene rings is 2. The number of esters is 1. The van der Waals surface area contributed by atoms with Crippen molar-refractivity contribution in [3.8, 4) is 0 Å². The fraction of sp³-hybridized carbons (Fsp3) is 0.0714. The van der Waals surface area contributed by atoms with Gasteiger partial charge in [0.05, 0.1) is 5.56 Å². The van der Waals surface area contributed by atoms with E-state index in [1.165, 1.54) is 12.1 Å². The molecule has 3 nitrogen and oxygen atoms in total. The average molecular weight is 280 g/mol. The van der Waals surface area contributed by atoms with Crippen LogP contribution in [0.5, 0.6) is 0 Å². The van der Waals surface area contributed by atoms with Gasteiger partial charge in [-0.3, -0.25) is 0 Å². The maximum atomic E-state index is 13.5. The van der Waals surface area contributed by atoms with Crippen LogP contribution in [0.2, 0.25) is 5.02 Å². The van der Waals surface area contributed by atoms with Crippen LogP contribution in [0, 0.1) is 5.82 Å². The molecule has 0 bridgehead atoms. The first-order valence-electron chi connectivity index (χ1n) is 5.53. The molecule has 0 unspecified atom stereocenters. The third kappa shape index (κ3) is 3.23. The molecular formula is C14H11ClFNO2. The van der Waals surface area contributed by atoms with Crippen LogP contribution >= 0.6 is 11.6 Å². The number of ether oxygens (including phenoxy) is 1. The van der Waals surface area contributed by atoms with E-state index in [2.05, 4.69) is 0 Å². The van der Waals surface area contributed by atoms with Gasteiger partial charge in [-0.1, -0.05) is 29.8 Å². The van der Waals surface area contributed by atoms with Gasteiger partial charge in [0, 0.05) is 16.3 Å². The summed E-state index contributed by atoms with van der Waals surface area (Å²) in [5.41, 5.74) is 6.16. The summed E-state index contributed by atoms with van der Waals surface area (Å²) in [6.07, 6.45) is 0. The molecule has 0 fully saturated rings. The first kappa shape index (κ1) is 13.4. The molecule has 0 heterocycles. The van der Waals surface area contributed by atoms with E-state index < -0.39 is 11.8 Å². The van der Waals surface area contributed by atoms with E-state index in [0.717, 1.165) is 6.07 Å². The van der Waals surface area contributed by atoms with Gasteiger partial charge in [0.2, 0.25) is 0 Å². The highest BCUT2D eigenvalue weighted by atomic mass is 35.5. The molecule has 0 amide bonds. The number of halogens is 2. The summed E-state index contributed by atoms with van der Waals surface area (Å²) in [5, 5.41) is 0.494. The second kappa shape index (κ2) is 5.71. The lowest BCUT2D eigenvalue weighted by atomic mass is 10.2. The number of nitrogens with two attached hydrogens (primary N) is 1. The Balaban J connectivity index is 2.08. The monoisotopic (exact) mass is 279 g/mol. The molecule has 5 heteroatoms. The maximum Gasteiger partial charge on any atom is 0.341 e. The van der Waals surface area contributed by atoms with E-state index in [1.54, 1.807) is 24.3 Å². The lowest BCUT2D eigenvalue weighted by Crippen LogP contribution is -2.08. The van der Waals surface area contributed by atoms with Crippen molar-refractivity contribution in [2.24, 2.45) is 0 Å². The predicted octanol–water partition coefficient (Wildman–Crippen LogP) is 3.42. The van der Waals surface area contributed by atoms with Crippen LogP contribution in [0.1, 0.15) is 15.9 Å². The molecule has 2 aromatic carbocycles. The zero-order valence-corrected chi connectivity index (χ0v) is 10.7. The molecule has 0 atom stereocenters. The Morgan fingerprint density at radius 1 is 1.26 bits per heavy atom. The van der Waals surface area contributed by atoms with Gasteiger partial charge >= 0.3 is 5.97 Å². The first-order valence-corrected chi connectivity index (χ1v) is 5.91. The summed E-state index contributed by atoms with van der Waals surface area (Å²) < 4.78 is 18.5. The number of hydrogen-bond donors (Lipinski definition) is 1. The first-order chi connectivity index (χ1) is 9.08. The summed E-state index contributed by atoms with van der Waals surface area (Å²) in [4.78, 5) is 11.7. The topological polar surface area (TPSA) is 52.3 Å². The molecule has 2 rings (SSSR count). The second-order valence-electron chi connectivity index (χ2n) is 3.91. The standard InChI is InChI=1S/C14H11ClFNO2/c15-12-4-2-1-3-9(12)8-19-14(18)11-6-5-10(17)7-13(11)16/h1-7H,8,17H2. The molecule has 0 saturated carbocycles. The van der Waals surface area contributed by atoms with E-state index in [1.807, 2.05) is 0 Å². The van der Waals surface area contributed by atoms with Gasteiger partial charge in [-0.2, -0.15) is 0 Å². The molecule has 0 spiro atoms. The molecule has 0 radical (unpaired) electrons. The Labute approximate surface area is 114 Å². The summed E-state index contributed by atoms with van der Waals surface area (Å²) in [7, 11) is 0. The predicted molar refractivity (Wildman–Crippen MR) is 71.4 cm³/mol. The van der Waals surface area contributed by atoms with Crippen molar-refractivity contribution in [2.75, 3.05) is 5.73 Å². The number of hydrogen-bond acceptors (Lipinski definition) is 3. The highest BCUT2D eigenvalue weighted by Crippen LogP contribution is 2.18. The molecule has 0 aliphatic heterocycles. The van der Waals surface area contributed by atoms with Gasteiger partial charge in [0.25, 0.3) is 0 Å². The van der Waals surface area contributed by atoms with E-state index in [-0.39, 0.29) is 17.9 Å². The minimum Gasteiger partial charge on any atom is -0.457 e.